The molecule has 2 aliphatic rings. The van der Waals surface area contributed by atoms with E-state index in [0.29, 0.717) is 0 Å². The van der Waals surface area contributed by atoms with E-state index >= 15 is 0 Å². The summed E-state index contributed by atoms with van der Waals surface area (Å²) in [6.07, 6.45) is -13.7. The van der Waals surface area contributed by atoms with Crippen molar-refractivity contribution in [3.05, 3.63) is 40.6 Å². The number of aliphatic hydroxyl groups is 6. The third-order valence-electron chi connectivity index (χ3n) is 7.40. The largest absolute Gasteiger partial charge is 0.507 e. The second kappa shape index (κ2) is 12.7. The summed E-state index contributed by atoms with van der Waals surface area (Å²) < 4.78 is 38.1. The number of benzene rings is 2. The van der Waals surface area contributed by atoms with Crippen molar-refractivity contribution in [1.82, 2.24) is 0 Å². The maximum atomic E-state index is 13.3. The Balaban J connectivity index is 1.41. The number of rotatable bonds is 9. The Hall–Kier alpha value is -3.71. The van der Waals surface area contributed by atoms with Crippen molar-refractivity contribution in [2.24, 2.45) is 0 Å². The smallest absolute Gasteiger partial charge is 0.239 e. The number of methoxy groups -OCH3 is 2. The van der Waals surface area contributed by atoms with Crippen molar-refractivity contribution in [3.8, 4) is 40.1 Å². The van der Waals surface area contributed by atoms with Gasteiger partial charge in [-0.1, -0.05) is 0 Å². The predicted octanol–water partition coefficient (Wildman–Crippen LogP) is -1.47. The Morgan fingerprint density at radius 3 is 2.11 bits per heavy atom. The lowest BCUT2D eigenvalue weighted by atomic mass is 9.99. The molecule has 0 bridgehead atoms. The van der Waals surface area contributed by atoms with Crippen LogP contribution in [0.3, 0.4) is 0 Å². The van der Waals surface area contributed by atoms with Crippen LogP contribution in [0, 0.1) is 0 Å². The van der Waals surface area contributed by atoms with Gasteiger partial charge in [-0.05, 0) is 18.2 Å². The van der Waals surface area contributed by atoms with E-state index in [9.17, 15) is 45.6 Å². The SMILES string of the molecule is COc1ccc(-c2oc3cc(O[C@@H]4OC(CO[C@@H]5O[C@@H](CO)C(O)[C@@H]5O)[C@@H](O)[C@H](O)C4O)cc(O)c3c(=O)c2OC)cc1O. The summed E-state index contributed by atoms with van der Waals surface area (Å²) in [7, 11) is 2.60. The van der Waals surface area contributed by atoms with Gasteiger partial charge in [0.05, 0.1) is 27.4 Å². The van der Waals surface area contributed by atoms with Gasteiger partial charge in [0.2, 0.25) is 17.5 Å². The monoisotopic (exact) mass is 624 g/mol. The number of fused-ring (bicyclic) bond motifs is 1. The average molecular weight is 625 g/mol. The zero-order valence-electron chi connectivity index (χ0n) is 23.3. The quantitative estimate of drug-likeness (QED) is 0.135. The first kappa shape index (κ1) is 31.7. The summed E-state index contributed by atoms with van der Waals surface area (Å²) in [6, 6.07) is 6.48. The molecule has 240 valence electrons. The highest BCUT2D eigenvalue weighted by atomic mass is 16.7. The van der Waals surface area contributed by atoms with Crippen molar-refractivity contribution in [1.29, 1.82) is 0 Å². The Morgan fingerprint density at radius 1 is 0.795 bits per heavy atom. The van der Waals surface area contributed by atoms with Crippen molar-refractivity contribution in [2.75, 3.05) is 27.4 Å². The Kier molecular flexibility index (Phi) is 9.17. The standard InChI is InChI=1S/C28H32O16/c1-38-14-4-3-10(5-12(14)30)25-26(39-2)21(34)18-13(31)6-11(7-15(18)42-25)41-28-24(37)22(35)20(33)17(44-28)9-40-27-23(36)19(32)16(8-29)43-27/h3-7,16-17,19-20,22-24,27-33,35-37H,8-9H2,1-2H3/t16-,17?,19?,20+,22-,23-,24?,27+,28+/m0/s1. The lowest BCUT2D eigenvalue weighted by Crippen LogP contribution is -2.60. The van der Waals surface area contributed by atoms with Crippen molar-refractivity contribution >= 4 is 11.0 Å². The summed E-state index contributed by atoms with van der Waals surface area (Å²) >= 11 is 0. The van der Waals surface area contributed by atoms with Gasteiger partial charge in [-0.2, -0.15) is 0 Å². The molecule has 3 unspecified atom stereocenters. The molecule has 44 heavy (non-hydrogen) atoms. The number of hydrogen-bond donors (Lipinski definition) is 8. The van der Waals surface area contributed by atoms with Gasteiger partial charge in [-0.3, -0.25) is 4.79 Å². The molecule has 1 aromatic heterocycles. The van der Waals surface area contributed by atoms with Crippen LogP contribution in [-0.4, -0.2) is 124 Å². The minimum absolute atomic E-state index is 0.0888. The molecule has 2 aromatic carbocycles. The highest BCUT2D eigenvalue weighted by molar-refractivity contribution is 5.88. The van der Waals surface area contributed by atoms with Crippen LogP contribution in [0.5, 0.6) is 28.7 Å². The maximum Gasteiger partial charge on any atom is 0.239 e. The van der Waals surface area contributed by atoms with E-state index < -0.39 is 79.7 Å². The highest BCUT2D eigenvalue weighted by Crippen LogP contribution is 2.39. The minimum atomic E-state index is -1.80. The number of aliphatic hydroxyl groups excluding tert-OH is 6. The van der Waals surface area contributed by atoms with Crippen LogP contribution in [0.25, 0.3) is 22.3 Å². The van der Waals surface area contributed by atoms with Crippen molar-refractivity contribution in [3.63, 3.8) is 0 Å². The van der Waals surface area contributed by atoms with Crippen LogP contribution in [0.15, 0.2) is 39.5 Å². The average Bonchev–Trinajstić information content (AvgIpc) is 3.28. The molecule has 5 rings (SSSR count). The summed E-state index contributed by atoms with van der Waals surface area (Å²) in [5.74, 6) is -1.17. The molecule has 0 saturated carbocycles. The number of phenolic OH excluding ortho intramolecular Hbond substituents is 2. The summed E-state index contributed by atoms with van der Waals surface area (Å²) in [6.45, 7) is -1.09. The van der Waals surface area contributed by atoms with Crippen molar-refractivity contribution < 1.29 is 73.7 Å². The van der Waals surface area contributed by atoms with Crippen LogP contribution in [-0.2, 0) is 14.2 Å². The van der Waals surface area contributed by atoms with E-state index in [4.69, 9.17) is 32.8 Å². The Morgan fingerprint density at radius 2 is 1.48 bits per heavy atom. The molecule has 0 amide bonds. The van der Waals surface area contributed by atoms with Gasteiger partial charge in [-0.15, -0.1) is 0 Å². The first-order chi connectivity index (χ1) is 21.0. The third kappa shape index (κ3) is 5.74. The summed E-state index contributed by atoms with van der Waals surface area (Å²) in [5, 5.41) is 81.4. The topological polar surface area (TPSA) is 247 Å². The van der Waals surface area contributed by atoms with E-state index in [2.05, 4.69) is 0 Å². The van der Waals surface area contributed by atoms with Crippen LogP contribution >= 0.6 is 0 Å². The normalized spacial score (nSPS) is 30.4. The van der Waals surface area contributed by atoms with Crippen LogP contribution in [0.1, 0.15) is 0 Å². The summed E-state index contributed by atoms with van der Waals surface area (Å²) in [5.41, 5.74) is -0.672. The van der Waals surface area contributed by atoms with E-state index in [1.165, 1.54) is 38.5 Å². The van der Waals surface area contributed by atoms with Gasteiger partial charge in [-0.25, -0.2) is 0 Å². The first-order valence-corrected chi connectivity index (χ1v) is 13.3. The van der Waals surface area contributed by atoms with E-state index in [-0.39, 0.29) is 45.3 Å². The second-order valence-electron chi connectivity index (χ2n) is 10.2. The minimum Gasteiger partial charge on any atom is -0.507 e. The highest BCUT2D eigenvalue weighted by Gasteiger charge is 2.47. The molecule has 8 N–H and O–H groups in total. The molecule has 2 fully saturated rings. The van der Waals surface area contributed by atoms with Crippen LogP contribution in [0.4, 0.5) is 0 Å². The molecule has 16 heteroatoms. The van der Waals surface area contributed by atoms with E-state index in [0.717, 1.165) is 6.07 Å². The van der Waals surface area contributed by atoms with E-state index in [1.807, 2.05) is 0 Å². The van der Waals surface area contributed by atoms with E-state index in [1.54, 1.807) is 0 Å². The lowest BCUT2D eigenvalue weighted by Gasteiger charge is -2.40. The molecule has 3 aromatic rings. The summed E-state index contributed by atoms with van der Waals surface area (Å²) in [4.78, 5) is 13.3. The molecule has 0 spiro atoms. The molecule has 0 aliphatic carbocycles. The molecule has 16 nitrogen and oxygen atoms in total. The molecule has 0 radical (unpaired) electrons. The number of ether oxygens (including phenoxy) is 6. The van der Waals surface area contributed by atoms with Gasteiger partial charge >= 0.3 is 0 Å². The van der Waals surface area contributed by atoms with Gasteiger partial charge in [0.1, 0.15) is 65.2 Å². The van der Waals surface area contributed by atoms with Gasteiger partial charge in [0.15, 0.2) is 23.5 Å². The van der Waals surface area contributed by atoms with Gasteiger partial charge in [0.25, 0.3) is 0 Å². The molecular formula is C28H32O16. The molecule has 9 atom stereocenters. The fraction of sp³-hybridized carbons (Fsp3) is 0.464. The molecular weight excluding hydrogens is 592 g/mol. The first-order valence-electron chi connectivity index (χ1n) is 13.3. The zero-order valence-corrected chi connectivity index (χ0v) is 23.3. The fourth-order valence-corrected chi connectivity index (χ4v) is 5.01. The number of aromatic hydroxyl groups is 2. The molecule has 2 saturated heterocycles. The Bertz CT molecular complexity index is 1540. The van der Waals surface area contributed by atoms with Gasteiger partial charge in [0, 0.05) is 17.7 Å². The fourth-order valence-electron chi connectivity index (χ4n) is 5.01. The van der Waals surface area contributed by atoms with Crippen LogP contribution < -0.4 is 19.6 Å². The van der Waals surface area contributed by atoms with Crippen LogP contribution in [0.2, 0.25) is 0 Å². The lowest BCUT2D eigenvalue weighted by molar-refractivity contribution is -0.290. The molecule has 2 aliphatic heterocycles. The Labute approximate surface area is 248 Å². The van der Waals surface area contributed by atoms with Crippen molar-refractivity contribution in [2.45, 2.75) is 55.3 Å². The predicted molar refractivity (Wildman–Crippen MR) is 145 cm³/mol. The number of phenols is 2. The maximum absolute atomic E-state index is 13.3. The number of hydrogen-bond acceptors (Lipinski definition) is 16. The molecule has 3 heterocycles. The zero-order chi connectivity index (χ0) is 31.9. The third-order valence-corrected chi connectivity index (χ3v) is 7.40. The van der Waals surface area contributed by atoms with Gasteiger partial charge < -0.3 is 73.7 Å². The second-order valence-corrected chi connectivity index (χ2v) is 10.2.